The van der Waals surface area contributed by atoms with Crippen LogP contribution in [0.1, 0.15) is 31.4 Å². The van der Waals surface area contributed by atoms with Crippen molar-refractivity contribution in [2.75, 3.05) is 0 Å². The molecule has 18 heavy (non-hydrogen) atoms. The Kier molecular flexibility index (Phi) is 3.65. The number of carbonyl (C=O) groups is 1. The molecule has 0 aliphatic carbocycles. The largest absolute Gasteiger partial charge is 0.478 e. The highest BCUT2D eigenvalue weighted by molar-refractivity contribution is 6.03. The predicted molar refractivity (Wildman–Crippen MR) is 68.6 cm³/mol. The van der Waals surface area contributed by atoms with Crippen molar-refractivity contribution in [3.05, 3.63) is 35.4 Å². The van der Waals surface area contributed by atoms with Crippen molar-refractivity contribution in [1.29, 1.82) is 0 Å². The number of oxime groups is 1. The molecule has 1 aliphatic heterocycles. The van der Waals surface area contributed by atoms with E-state index in [1.54, 1.807) is 0 Å². The number of benzene rings is 1. The highest BCUT2D eigenvalue weighted by atomic mass is 16.7. The smallest absolute Gasteiger partial charge is 0.348 e. The van der Waals surface area contributed by atoms with Gasteiger partial charge in [-0.2, -0.15) is 0 Å². The van der Waals surface area contributed by atoms with Crippen LogP contribution in [0.25, 0.3) is 0 Å². The first-order valence-corrected chi connectivity index (χ1v) is 6.11. The van der Waals surface area contributed by atoms with Crippen LogP contribution >= 0.6 is 0 Å². The van der Waals surface area contributed by atoms with E-state index in [0.717, 1.165) is 12.0 Å². The number of rotatable bonds is 4. The lowest BCUT2D eigenvalue weighted by atomic mass is 9.99. The third kappa shape index (κ3) is 2.88. The zero-order valence-corrected chi connectivity index (χ0v) is 10.6. The van der Waals surface area contributed by atoms with Crippen molar-refractivity contribution in [2.45, 2.75) is 32.8 Å². The Morgan fingerprint density at radius 3 is 2.61 bits per heavy atom. The number of nitrogens with zero attached hydrogens (tertiary/aromatic N) is 1. The number of aliphatic carboxylic acids is 1. The lowest BCUT2D eigenvalue weighted by Crippen LogP contribution is -2.19. The fraction of sp³-hybridized carbons (Fsp3) is 0.429. The molecule has 0 radical (unpaired) electrons. The van der Waals surface area contributed by atoms with E-state index < -0.39 is 12.1 Å². The fourth-order valence-corrected chi connectivity index (χ4v) is 1.98. The van der Waals surface area contributed by atoms with Crippen LogP contribution in [0.5, 0.6) is 0 Å². The molecule has 2 rings (SSSR count). The molecule has 96 valence electrons. The van der Waals surface area contributed by atoms with Crippen molar-refractivity contribution in [2.24, 2.45) is 11.1 Å². The molecule has 0 amide bonds. The summed E-state index contributed by atoms with van der Waals surface area (Å²) in [6, 6.07) is 8.08. The van der Waals surface area contributed by atoms with Gasteiger partial charge in [0.15, 0.2) is 0 Å². The number of hydrogen-bond donors (Lipinski definition) is 1. The highest BCUT2D eigenvalue weighted by Gasteiger charge is 2.28. The summed E-state index contributed by atoms with van der Waals surface area (Å²) in [5.41, 5.74) is 2.92. The maximum atomic E-state index is 10.8. The van der Waals surface area contributed by atoms with E-state index in [0.29, 0.717) is 18.1 Å². The van der Waals surface area contributed by atoms with Crippen LogP contribution in [0.2, 0.25) is 0 Å². The third-order valence-electron chi connectivity index (χ3n) is 2.88. The van der Waals surface area contributed by atoms with Gasteiger partial charge in [-0.25, -0.2) is 4.79 Å². The molecule has 0 saturated carbocycles. The van der Waals surface area contributed by atoms with E-state index in [4.69, 9.17) is 9.94 Å². The summed E-state index contributed by atoms with van der Waals surface area (Å²) in [5.74, 6) is -0.343. The van der Waals surface area contributed by atoms with Crippen LogP contribution < -0.4 is 0 Å². The van der Waals surface area contributed by atoms with Gasteiger partial charge in [0.2, 0.25) is 6.10 Å². The molecule has 1 N–H and O–H groups in total. The van der Waals surface area contributed by atoms with Gasteiger partial charge in [0.25, 0.3) is 0 Å². The molecular weight excluding hydrogens is 230 g/mol. The number of carboxylic acid groups (broad SMARTS) is 1. The summed E-state index contributed by atoms with van der Waals surface area (Å²) in [4.78, 5) is 15.6. The van der Waals surface area contributed by atoms with Crippen molar-refractivity contribution in [1.82, 2.24) is 0 Å². The van der Waals surface area contributed by atoms with Crippen LogP contribution in [0.3, 0.4) is 0 Å². The Hall–Kier alpha value is -1.84. The van der Waals surface area contributed by atoms with Gasteiger partial charge < -0.3 is 9.94 Å². The van der Waals surface area contributed by atoms with Gasteiger partial charge in [-0.1, -0.05) is 43.3 Å². The van der Waals surface area contributed by atoms with Gasteiger partial charge in [-0.05, 0) is 23.5 Å². The standard InChI is InChI=1S/C14H17NO3/c1-9(2)7-10-3-5-11(6-4-10)12-8-13(14(16)17)18-15-12/h3-6,9,13H,7-8H2,1-2H3,(H,16,17). The highest BCUT2D eigenvalue weighted by Crippen LogP contribution is 2.18. The molecule has 1 heterocycles. The van der Waals surface area contributed by atoms with Gasteiger partial charge in [0, 0.05) is 6.42 Å². The van der Waals surface area contributed by atoms with E-state index in [1.165, 1.54) is 5.56 Å². The first-order chi connectivity index (χ1) is 8.56. The minimum atomic E-state index is -0.967. The summed E-state index contributed by atoms with van der Waals surface area (Å²) in [6.07, 6.45) is 0.537. The lowest BCUT2D eigenvalue weighted by molar-refractivity contribution is -0.148. The molecule has 0 fully saturated rings. The normalized spacial score (nSPS) is 18.6. The summed E-state index contributed by atoms with van der Waals surface area (Å²) < 4.78 is 0. The van der Waals surface area contributed by atoms with E-state index in [9.17, 15) is 4.79 Å². The summed E-state index contributed by atoms with van der Waals surface area (Å²) >= 11 is 0. The maximum absolute atomic E-state index is 10.8. The molecule has 0 saturated heterocycles. The molecule has 1 aromatic carbocycles. The van der Waals surface area contributed by atoms with Crippen LogP contribution in [0, 0.1) is 5.92 Å². The fourth-order valence-electron chi connectivity index (χ4n) is 1.98. The molecule has 0 spiro atoms. The molecule has 1 atom stereocenters. The van der Waals surface area contributed by atoms with Gasteiger partial charge in [-0.15, -0.1) is 0 Å². The Balaban J connectivity index is 2.05. The molecule has 4 nitrogen and oxygen atoms in total. The SMILES string of the molecule is CC(C)Cc1ccc(C2=NOC(C(=O)O)C2)cc1. The molecule has 1 aromatic rings. The van der Waals surface area contributed by atoms with Crippen LogP contribution in [-0.2, 0) is 16.1 Å². The van der Waals surface area contributed by atoms with Crippen LogP contribution in [0.15, 0.2) is 29.4 Å². The quantitative estimate of drug-likeness (QED) is 0.889. The maximum Gasteiger partial charge on any atom is 0.348 e. The second-order valence-electron chi connectivity index (χ2n) is 4.97. The molecule has 0 bridgehead atoms. The topological polar surface area (TPSA) is 58.9 Å². The molecule has 1 unspecified atom stereocenters. The van der Waals surface area contributed by atoms with Gasteiger partial charge in [0.05, 0.1) is 5.71 Å². The first kappa shape index (κ1) is 12.6. The van der Waals surface area contributed by atoms with Gasteiger partial charge >= 0.3 is 5.97 Å². The average Bonchev–Trinajstić information content (AvgIpc) is 2.78. The Morgan fingerprint density at radius 1 is 1.44 bits per heavy atom. The zero-order valence-electron chi connectivity index (χ0n) is 10.6. The minimum absolute atomic E-state index is 0.332. The van der Waals surface area contributed by atoms with E-state index in [2.05, 4.69) is 31.1 Å². The number of carboxylic acids is 1. The van der Waals surface area contributed by atoms with Crippen molar-refractivity contribution in [3.63, 3.8) is 0 Å². The van der Waals surface area contributed by atoms with E-state index in [1.807, 2.05) is 12.1 Å². The monoisotopic (exact) mass is 247 g/mol. The minimum Gasteiger partial charge on any atom is -0.478 e. The van der Waals surface area contributed by atoms with Crippen LogP contribution in [-0.4, -0.2) is 22.9 Å². The lowest BCUT2D eigenvalue weighted by Gasteiger charge is -2.06. The molecule has 1 aliphatic rings. The average molecular weight is 247 g/mol. The second-order valence-corrected chi connectivity index (χ2v) is 4.97. The van der Waals surface area contributed by atoms with Crippen molar-refractivity contribution >= 4 is 11.7 Å². The molecular formula is C14H17NO3. The Labute approximate surface area is 106 Å². The Morgan fingerprint density at radius 2 is 2.11 bits per heavy atom. The van der Waals surface area contributed by atoms with E-state index in [-0.39, 0.29) is 0 Å². The summed E-state index contributed by atoms with van der Waals surface area (Å²) in [6.45, 7) is 4.36. The van der Waals surface area contributed by atoms with Crippen molar-refractivity contribution in [3.8, 4) is 0 Å². The predicted octanol–water partition coefficient (Wildman–Crippen LogP) is 2.46. The zero-order chi connectivity index (χ0) is 13.1. The van der Waals surface area contributed by atoms with Gasteiger partial charge in [0.1, 0.15) is 0 Å². The van der Waals surface area contributed by atoms with E-state index >= 15 is 0 Å². The summed E-state index contributed by atoms with van der Waals surface area (Å²) in [7, 11) is 0. The molecule has 0 aromatic heterocycles. The first-order valence-electron chi connectivity index (χ1n) is 6.11. The summed E-state index contributed by atoms with van der Waals surface area (Å²) in [5, 5.41) is 12.7. The second kappa shape index (κ2) is 5.21. The van der Waals surface area contributed by atoms with Crippen molar-refractivity contribution < 1.29 is 14.7 Å². The van der Waals surface area contributed by atoms with Crippen LogP contribution in [0.4, 0.5) is 0 Å². The Bertz CT molecular complexity index is 462. The molecule has 4 heteroatoms. The van der Waals surface area contributed by atoms with Gasteiger partial charge in [-0.3, -0.25) is 0 Å². The number of hydrogen-bond acceptors (Lipinski definition) is 3. The third-order valence-corrected chi connectivity index (χ3v) is 2.88.